The first kappa shape index (κ1) is 16.8. The molecule has 0 aliphatic carbocycles. The van der Waals surface area contributed by atoms with Crippen LogP contribution in [0.25, 0.3) is 0 Å². The Hall–Kier alpha value is -2.57. The fraction of sp³-hybridized carbons (Fsp3) is 0.250. The molecule has 0 saturated heterocycles. The fourth-order valence-corrected chi connectivity index (χ4v) is 2.06. The second kappa shape index (κ2) is 6.28. The lowest BCUT2D eigenvalue weighted by Crippen LogP contribution is -2.09. The minimum Gasteiger partial charge on any atom is -0.496 e. The van der Waals surface area contributed by atoms with E-state index in [-0.39, 0.29) is 11.3 Å². The number of carbonyl (C=O) groups is 1. The molecule has 2 aromatic rings. The minimum absolute atomic E-state index is 0.0917. The van der Waals surface area contributed by atoms with Crippen LogP contribution in [0.15, 0.2) is 30.5 Å². The van der Waals surface area contributed by atoms with Gasteiger partial charge >= 0.3 is 6.18 Å². The average Bonchev–Trinajstić information content (AvgIpc) is 2.53. The smallest absolute Gasteiger partial charge is 0.417 e. The van der Waals surface area contributed by atoms with E-state index in [1.54, 1.807) is 6.92 Å². The van der Waals surface area contributed by atoms with E-state index in [0.29, 0.717) is 23.3 Å². The van der Waals surface area contributed by atoms with Crippen molar-refractivity contribution in [3.05, 3.63) is 52.8 Å². The highest BCUT2D eigenvalue weighted by atomic mass is 19.4. The molecule has 0 saturated carbocycles. The molecule has 0 atom stereocenters. The Labute approximate surface area is 130 Å². The van der Waals surface area contributed by atoms with Crippen molar-refractivity contribution in [3.8, 4) is 11.5 Å². The molecule has 1 aromatic heterocycles. The second-order valence-electron chi connectivity index (χ2n) is 4.76. The maximum atomic E-state index is 12.5. The lowest BCUT2D eigenvalue weighted by molar-refractivity contribution is -0.137. The number of aromatic nitrogens is 1. The Kier molecular flexibility index (Phi) is 4.58. The van der Waals surface area contributed by atoms with Crippen LogP contribution in [0.2, 0.25) is 0 Å². The summed E-state index contributed by atoms with van der Waals surface area (Å²) in [6.07, 6.45) is -3.86. The van der Waals surface area contributed by atoms with Gasteiger partial charge in [0.25, 0.3) is 0 Å². The van der Waals surface area contributed by atoms with Crippen LogP contribution >= 0.6 is 0 Å². The molecule has 0 N–H and O–H groups in total. The monoisotopic (exact) mass is 325 g/mol. The summed E-state index contributed by atoms with van der Waals surface area (Å²) in [6, 6.07) is 4.87. The Bertz CT molecular complexity index is 699. The molecule has 0 fully saturated rings. The number of methoxy groups -OCH3 is 2. The Morgan fingerprint density at radius 2 is 1.65 bits per heavy atom. The van der Waals surface area contributed by atoms with Crippen LogP contribution in [0.1, 0.15) is 27.2 Å². The van der Waals surface area contributed by atoms with Crippen LogP contribution in [-0.4, -0.2) is 25.0 Å². The predicted molar refractivity (Wildman–Crippen MR) is 77.0 cm³/mol. The van der Waals surface area contributed by atoms with E-state index < -0.39 is 17.5 Å². The lowest BCUT2D eigenvalue weighted by atomic mass is 10.0. The third kappa shape index (κ3) is 3.44. The zero-order valence-electron chi connectivity index (χ0n) is 12.7. The number of ketones is 1. The summed E-state index contributed by atoms with van der Waals surface area (Å²) in [5.41, 5.74) is -0.0671. The van der Waals surface area contributed by atoms with Crippen molar-refractivity contribution in [2.45, 2.75) is 13.1 Å². The second-order valence-corrected chi connectivity index (χ2v) is 4.76. The molecule has 0 radical (unpaired) electrons. The third-order valence-corrected chi connectivity index (χ3v) is 3.34. The standard InChI is InChI=1S/C16H14F3NO3/c1-9-13(22-2)6-10(7-14(9)23-3)15(21)12-5-4-11(8-20-12)16(17,18)19/h4-8H,1-3H3. The zero-order valence-corrected chi connectivity index (χ0v) is 12.7. The van der Waals surface area contributed by atoms with Crippen LogP contribution < -0.4 is 9.47 Å². The maximum absolute atomic E-state index is 12.5. The number of rotatable bonds is 4. The molecular weight excluding hydrogens is 311 g/mol. The van der Waals surface area contributed by atoms with E-state index in [4.69, 9.17) is 9.47 Å². The molecule has 0 aliphatic rings. The number of carbonyl (C=O) groups excluding carboxylic acids is 1. The van der Waals surface area contributed by atoms with E-state index in [9.17, 15) is 18.0 Å². The lowest BCUT2D eigenvalue weighted by Gasteiger charge is -2.12. The summed E-state index contributed by atoms with van der Waals surface area (Å²) in [4.78, 5) is 16.0. The van der Waals surface area contributed by atoms with Gasteiger partial charge in [-0.15, -0.1) is 0 Å². The van der Waals surface area contributed by atoms with E-state index in [2.05, 4.69) is 4.98 Å². The van der Waals surface area contributed by atoms with E-state index in [1.807, 2.05) is 0 Å². The molecule has 0 aliphatic heterocycles. The quantitative estimate of drug-likeness (QED) is 0.805. The molecule has 4 nitrogen and oxygen atoms in total. The highest BCUT2D eigenvalue weighted by Gasteiger charge is 2.31. The number of benzene rings is 1. The molecule has 7 heteroatoms. The predicted octanol–water partition coefficient (Wildman–Crippen LogP) is 3.66. The largest absolute Gasteiger partial charge is 0.496 e. The molecule has 1 heterocycles. The van der Waals surface area contributed by atoms with Crippen molar-refractivity contribution in [1.82, 2.24) is 4.98 Å². The summed E-state index contributed by atoms with van der Waals surface area (Å²) in [5.74, 6) is 0.370. The van der Waals surface area contributed by atoms with Crippen molar-refractivity contribution in [2.24, 2.45) is 0 Å². The molecule has 122 valence electrons. The molecular formula is C16H14F3NO3. The van der Waals surface area contributed by atoms with Crippen molar-refractivity contribution in [1.29, 1.82) is 0 Å². The number of alkyl halides is 3. The summed E-state index contributed by atoms with van der Waals surface area (Å²) < 4.78 is 47.9. The average molecular weight is 325 g/mol. The van der Waals surface area contributed by atoms with Crippen LogP contribution in [0.4, 0.5) is 13.2 Å². The van der Waals surface area contributed by atoms with Gasteiger partial charge in [0, 0.05) is 17.3 Å². The van der Waals surface area contributed by atoms with Gasteiger partial charge in [-0.3, -0.25) is 9.78 Å². The van der Waals surface area contributed by atoms with Crippen molar-refractivity contribution in [2.75, 3.05) is 14.2 Å². The summed E-state index contributed by atoms with van der Waals surface area (Å²) >= 11 is 0. The van der Waals surface area contributed by atoms with Crippen LogP contribution in [0.3, 0.4) is 0 Å². The van der Waals surface area contributed by atoms with Crippen LogP contribution in [0.5, 0.6) is 11.5 Å². The number of pyridine rings is 1. The van der Waals surface area contributed by atoms with Gasteiger partial charge in [0.05, 0.1) is 19.8 Å². The normalized spacial score (nSPS) is 11.2. The fourth-order valence-electron chi connectivity index (χ4n) is 2.06. The Morgan fingerprint density at radius 1 is 1.09 bits per heavy atom. The molecule has 0 unspecified atom stereocenters. The van der Waals surface area contributed by atoms with Gasteiger partial charge in [-0.05, 0) is 31.2 Å². The van der Waals surface area contributed by atoms with Crippen molar-refractivity contribution >= 4 is 5.78 Å². The zero-order chi connectivity index (χ0) is 17.2. The van der Waals surface area contributed by atoms with Gasteiger partial charge in [0.15, 0.2) is 0 Å². The number of hydrogen-bond acceptors (Lipinski definition) is 4. The SMILES string of the molecule is COc1cc(C(=O)c2ccc(C(F)(F)F)cn2)cc(OC)c1C. The maximum Gasteiger partial charge on any atom is 0.417 e. The Balaban J connectivity index is 2.41. The van der Waals surface area contributed by atoms with Gasteiger partial charge in [0.2, 0.25) is 5.78 Å². The molecule has 0 amide bonds. The highest BCUT2D eigenvalue weighted by molar-refractivity contribution is 6.08. The first-order valence-corrected chi connectivity index (χ1v) is 6.58. The third-order valence-electron chi connectivity index (χ3n) is 3.34. The topological polar surface area (TPSA) is 48.4 Å². The van der Waals surface area contributed by atoms with Gasteiger partial charge in [-0.25, -0.2) is 0 Å². The van der Waals surface area contributed by atoms with Gasteiger partial charge in [0.1, 0.15) is 17.2 Å². The van der Waals surface area contributed by atoms with E-state index >= 15 is 0 Å². The van der Waals surface area contributed by atoms with Gasteiger partial charge in [-0.2, -0.15) is 13.2 Å². The summed E-state index contributed by atoms with van der Waals surface area (Å²) in [5, 5.41) is 0. The van der Waals surface area contributed by atoms with E-state index in [1.165, 1.54) is 26.4 Å². The first-order valence-electron chi connectivity index (χ1n) is 6.58. The van der Waals surface area contributed by atoms with Crippen LogP contribution in [-0.2, 0) is 6.18 Å². The van der Waals surface area contributed by atoms with Crippen LogP contribution in [0, 0.1) is 6.92 Å². The summed E-state index contributed by atoms with van der Waals surface area (Å²) in [7, 11) is 2.90. The minimum atomic E-state index is -4.50. The summed E-state index contributed by atoms with van der Waals surface area (Å²) in [6.45, 7) is 1.77. The molecule has 0 spiro atoms. The number of ether oxygens (including phenoxy) is 2. The van der Waals surface area contributed by atoms with Gasteiger partial charge in [-0.1, -0.05) is 0 Å². The number of nitrogens with zero attached hydrogens (tertiary/aromatic N) is 1. The molecule has 2 rings (SSSR count). The van der Waals surface area contributed by atoms with Gasteiger partial charge < -0.3 is 9.47 Å². The number of hydrogen-bond donors (Lipinski definition) is 0. The van der Waals surface area contributed by atoms with E-state index in [0.717, 1.165) is 12.1 Å². The number of halogens is 3. The van der Waals surface area contributed by atoms with Crippen molar-refractivity contribution < 1.29 is 27.4 Å². The highest BCUT2D eigenvalue weighted by Crippen LogP contribution is 2.31. The molecule has 23 heavy (non-hydrogen) atoms. The Morgan fingerprint density at radius 3 is 2.04 bits per heavy atom. The molecule has 0 bridgehead atoms. The molecule has 1 aromatic carbocycles. The van der Waals surface area contributed by atoms with Crippen molar-refractivity contribution in [3.63, 3.8) is 0 Å². The first-order chi connectivity index (χ1) is 10.8.